The monoisotopic (exact) mass is 490 g/mol. The Bertz CT molecular complexity index is 815. The first-order chi connectivity index (χ1) is 16.9. The predicted molar refractivity (Wildman–Crippen MR) is 127 cm³/mol. The molecule has 1 heterocycles. The number of rotatable bonds is 14. The number of nitrogens with one attached hydrogen (secondary N) is 2. The quantitative estimate of drug-likeness (QED) is 0.174. The normalized spacial score (nSPS) is 16.4. The molecule has 0 bridgehead atoms. The summed E-state index contributed by atoms with van der Waals surface area (Å²) >= 11 is 0. The van der Waals surface area contributed by atoms with E-state index >= 15 is 0 Å². The van der Waals surface area contributed by atoms with Gasteiger partial charge in [-0.15, -0.1) is 0 Å². The van der Waals surface area contributed by atoms with Crippen molar-refractivity contribution in [2.75, 3.05) is 39.5 Å². The van der Waals surface area contributed by atoms with E-state index in [0.717, 1.165) is 5.56 Å². The van der Waals surface area contributed by atoms with Crippen LogP contribution < -0.4 is 10.6 Å². The maximum atomic E-state index is 13.1. The Morgan fingerprint density at radius 3 is 2.37 bits per heavy atom. The molecule has 10 nitrogen and oxygen atoms in total. The molecule has 10 heteroatoms. The van der Waals surface area contributed by atoms with Crippen LogP contribution >= 0.6 is 0 Å². The van der Waals surface area contributed by atoms with Crippen molar-refractivity contribution in [3.63, 3.8) is 0 Å². The van der Waals surface area contributed by atoms with Crippen LogP contribution in [0.1, 0.15) is 18.9 Å². The second-order valence-corrected chi connectivity index (χ2v) is 7.78. The fourth-order valence-electron chi connectivity index (χ4n) is 3.34. The summed E-state index contributed by atoms with van der Waals surface area (Å²) in [5.74, 6) is -1.91. The van der Waals surface area contributed by atoms with Gasteiger partial charge in [-0.2, -0.15) is 0 Å². The third-order valence-corrected chi connectivity index (χ3v) is 5.15. The highest BCUT2D eigenvalue weighted by atomic mass is 16.6. The fourth-order valence-corrected chi connectivity index (χ4v) is 3.34. The number of alkyl carbamates (subject to hydrolysis) is 1. The Balaban J connectivity index is 2.13. The second kappa shape index (κ2) is 14.9. The highest BCUT2D eigenvalue weighted by Crippen LogP contribution is 2.25. The lowest BCUT2D eigenvalue weighted by molar-refractivity contribution is -0.206. The highest BCUT2D eigenvalue weighted by molar-refractivity contribution is 6.03. The van der Waals surface area contributed by atoms with Crippen molar-refractivity contribution in [3.8, 4) is 0 Å². The Kier molecular flexibility index (Phi) is 12.0. The lowest BCUT2D eigenvalue weighted by atomic mass is 9.98. The van der Waals surface area contributed by atoms with Crippen molar-refractivity contribution in [1.29, 1.82) is 0 Å². The number of esters is 2. The minimum absolute atomic E-state index is 0.0696. The van der Waals surface area contributed by atoms with E-state index in [4.69, 9.17) is 23.7 Å². The van der Waals surface area contributed by atoms with Crippen molar-refractivity contribution in [2.24, 2.45) is 0 Å². The first kappa shape index (κ1) is 28.0. The molecule has 2 N–H and O–H groups in total. The largest absolute Gasteiger partial charge is 0.459 e. The smallest absolute Gasteiger partial charge is 0.407 e. The standard InChI is InChI=1S/C25H34N2O8/c1-4-14-32-22(28)25(23(29)33-15-5-2,35-19(3)21-17-26-13-16-31-21)11-12-27-24(30)34-18-20-9-7-6-8-10-20/h4-10,19,21,26H,1-2,11-18H2,3H3,(H,27,30). The summed E-state index contributed by atoms with van der Waals surface area (Å²) in [6.07, 6.45) is 0.675. The van der Waals surface area contributed by atoms with Gasteiger partial charge < -0.3 is 34.3 Å². The summed E-state index contributed by atoms with van der Waals surface area (Å²) in [6, 6.07) is 9.16. The molecule has 1 aromatic rings. The molecule has 1 saturated heterocycles. The molecule has 0 aromatic heterocycles. The molecule has 0 spiro atoms. The SMILES string of the molecule is C=CCOC(=O)C(CCNC(=O)OCc1ccccc1)(OC(C)C1CNCCO1)C(=O)OCC=C. The average Bonchev–Trinajstić information content (AvgIpc) is 2.89. The highest BCUT2D eigenvalue weighted by Gasteiger charge is 2.52. The Morgan fingerprint density at radius 2 is 1.80 bits per heavy atom. The van der Waals surface area contributed by atoms with Gasteiger partial charge in [0, 0.05) is 26.1 Å². The summed E-state index contributed by atoms with van der Waals surface area (Å²) < 4.78 is 27.3. The van der Waals surface area contributed by atoms with Crippen molar-refractivity contribution in [1.82, 2.24) is 10.6 Å². The number of morpholine rings is 1. The van der Waals surface area contributed by atoms with Gasteiger partial charge in [0.25, 0.3) is 5.60 Å². The summed E-state index contributed by atoms with van der Waals surface area (Å²) in [7, 11) is 0. The number of ether oxygens (including phenoxy) is 5. The van der Waals surface area contributed by atoms with Gasteiger partial charge in [0.1, 0.15) is 19.8 Å². The van der Waals surface area contributed by atoms with E-state index in [1.54, 1.807) is 6.92 Å². The van der Waals surface area contributed by atoms with Crippen LogP contribution in [0.4, 0.5) is 4.79 Å². The lowest BCUT2D eigenvalue weighted by Crippen LogP contribution is -2.57. The van der Waals surface area contributed by atoms with Crippen molar-refractivity contribution < 1.29 is 38.1 Å². The van der Waals surface area contributed by atoms with Crippen LogP contribution in [0, 0.1) is 0 Å². The lowest BCUT2D eigenvalue weighted by Gasteiger charge is -2.36. The van der Waals surface area contributed by atoms with Gasteiger partial charge in [-0.05, 0) is 12.5 Å². The summed E-state index contributed by atoms with van der Waals surface area (Å²) in [6.45, 7) is 10.0. The van der Waals surface area contributed by atoms with Crippen molar-refractivity contribution >= 4 is 18.0 Å². The predicted octanol–water partition coefficient (Wildman–Crippen LogP) is 1.89. The van der Waals surface area contributed by atoms with Gasteiger partial charge in [0.2, 0.25) is 0 Å². The number of carbonyl (C=O) groups excluding carboxylic acids is 3. The van der Waals surface area contributed by atoms with Crippen LogP contribution in [0.2, 0.25) is 0 Å². The number of benzene rings is 1. The molecule has 0 saturated carbocycles. The van der Waals surface area contributed by atoms with E-state index in [1.165, 1.54) is 12.2 Å². The zero-order chi connectivity index (χ0) is 25.5. The third kappa shape index (κ3) is 8.82. The minimum atomic E-state index is -2.15. The van der Waals surface area contributed by atoms with Crippen molar-refractivity contribution in [3.05, 3.63) is 61.2 Å². The van der Waals surface area contributed by atoms with E-state index in [1.807, 2.05) is 30.3 Å². The molecular weight excluding hydrogens is 456 g/mol. The first-order valence-corrected chi connectivity index (χ1v) is 11.4. The summed E-state index contributed by atoms with van der Waals surface area (Å²) in [5, 5.41) is 5.72. The Labute approximate surface area is 205 Å². The van der Waals surface area contributed by atoms with E-state index < -0.39 is 35.8 Å². The number of amides is 1. The third-order valence-electron chi connectivity index (χ3n) is 5.15. The van der Waals surface area contributed by atoms with Crippen molar-refractivity contribution in [2.45, 2.75) is 37.8 Å². The Hall–Kier alpha value is -3.21. The minimum Gasteiger partial charge on any atom is -0.459 e. The second-order valence-electron chi connectivity index (χ2n) is 7.78. The van der Waals surface area contributed by atoms with E-state index in [-0.39, 0.29) is 32.8 Å². The van der Waals surface area contributed by atoms with Crippen LogP contribution in [0.15, 0.2) is 55.6 Å². The van der Waals surface area contributed by atoms with Crippen LogP contribution in [0.5, 0.6) is 0 Å². The number of hydrogen-bond acceptors (Lipinski definition) is 9. The molecule has 192 valence electrons. The summed E-state index contributed by atoms with van der Waals surface area (Å²) in [5.41, 5.74) is -1.34. The fraction of sp³-hybridized carbons (Fsp3) is 0.480. The van der Waals surface area contributed by atoms with Gasteiger partial charge >= 0.3 is 18.0 Å². The maximum Gasteiger partial charge on any atom is 0.407 e. The zero-order valence-electron chi connectivity index (χ0n) is 20.0. The van der Waals surface area contributed by atoms with E-state index in [9.17, 15) is 14.4 Å². The summed E-state index contributed by atoms with van der Waals surface area (Å²) in [4.78, 5) is 38.4. The molecular formula is C25H34N2O8. The van der Waals surface area contributed by atoms with Crippen LogP contribution in [-0.2, 0) is 39.9 Å². The van der Waals surface area contributed by atoms with Gasteiger partial charge in [0.05, 0.1) is 18.8 Å². The van der Waals surface area contributed by atoms with Gasteiger partial charge in [-0.25, -0.2) is 14.4 Å². The molecule has 1 aliphatic heterocycles. The van der Waals surface area contributed by atoms with Gasteiger partial charge in [0.15, 0.2) is 0 Å². The molecule has 2 unspecified atom stereocenters. The molecule has 1 aliphatic rings. The number of hydrogen-bond donors (Lipinski definition) is 2. The molecule has 0 aliphatic carbocycles. The van der Waals surface area contributed by atoms with E-state index in [0.29, 0.717) is 19.7 Å². The average molecular weight is 491 g/mol. The molecule has 2 rings (SSSR count). The first-order valence-electron chi connectivity index (χ1n) is 11.4. The molecule has 1 fully saturated rings. The molecule has 0 radical (unpaired) electrons. The van der Waals surface area contributed by atoms with Crippen LogP contribution in [0.25, 0.3) is 0 Å². The maximum absolute atomic E-state index is 13.1. The van der Waals surface area contributed by atoms with Crippen LogP contribution in [0.3, 0.4) is 0 Å². The zero-order valence-corrected chi connectivity index (χ0v) is 20.0. The molecule has 1 amide bonds. The van der Waals surface area contributed by atoms with E-state index in [2.05, 4.69) is 23.8 Å². The van der Waals surface area contributed by atoms with Gasteiger partial charge in [-0.1, -0.05) is 55.6 Å². The molecule has 35 heavy (non-hydrogen) atoms. The number of carbonyl (C=O) groups is 3. The molecule has 2 atom stereocenters. The van der Waals surface area contributed by atoms with Gasteiger partial charge in [-0.3, -0.25) is 0 Å². The molecule has 1 aromatic carbocycles. The Morgan fingerprint density at radius 1 is 1.14 bits per heavy atom. The topological polar surface area (TPSA) is 121 Å². The van der Waals surface area contributed by atoms with Crippen LogP contribution in [-0.4, -0.2) is 75.3 Å².